The number of pyridine rings is 1. The molecule has 0 aliphatic carbocycles. The first kappa shape index (κ1) is 42.3. The molecule has 1 amide bonds. The number of carbonyl (C=O) groups excluding carboxylic acids is 2. The minimum Gasteiger partial charge on any atom is -0.443 e. The smallest absolute Gasteiger partial charge is 0.419 e. The number of nitrogens with zero attached hydrogens (tertiary/aromatic N) is 4. The standard InChI is InChI=1S/C40H54ClN5O6SSi2/c1-38(2,3)51-37(49)46-32-14-12-28(40(7,8)52-54-39(4,5)6)18-26(32)19-33(46)31-20-29(23-44(36(31)48)25-50-16-17-55(9,10)11)43-35(47)27-21-42-45(22-27)24-30-13-15-34(41)53-30/h12-15,18-23H,16-17,24-25,54H2,1-11H3,(H,43,47). The van der Waals surface area contributed by atoms with Crippen LogP contribution >= 0.6 is 22.9 Å². The van der Waals surface area contributed by atoms with Crippen LogP contribution in [-0.2, 0) is 32.8 Å². The second-order valence-corrected chi connectivity index (χ2v) is 28.0. The molecule has 0 atom stereocenters. The van der Waals surface area contributed by atoms with Crippen molar-refractivity contribution in [2.24, 2.45) is 0 Å². The van der Waals surface area contributed by atoms with Crippen molar-refractivity contribution < 1.29 is 23.5 Å². The highest BCUT2D eigenvalue weighted by Gasteiger charge is 2.28. The van der Waals surface area contributed by atoms with Crippen LogP contribution < -0.4 is 10.9 Å². The Morgan fingerprint density at radius 3 is 2.35 bits per heavy atom. The lowest BCUT2D eigenvalue weighted by Crippen LogP contribution is -2.29. The number of benzene rings is 1. The van der Waals surface area contributed by atoms with Crippen LogP contribution in [0.3, 0.4) is 0 Å². The number of aromatic nitrogens is 4. The molecule has 0 fully saturated rings. The van der Waals surface area contributed by atoms with E-state index in [1.54, 1.807) is 43.9 Å². The zero-order valence-electron chi connectivity index (χ0n) is 33.8. The van der Waals surface area contributed by atoms with Crippen molar-refractivity contribution in [1.82, 2.24) is 18.9 Å². The van der Waals surface area contributed by atoms with Gasteiger partial charge in [0, 0.05) is 37.3 Å². The number of fused-ring (bicyclic) bond motifs is 1. The molecule has 1 aromatic carbocycles. The van der Waals surface area contributed by atoms with E-state index >= 15 is 0 Å². The number of anilines is 1. The maximum Gasteiger partial charge on any atom is 0.419 e. The van der Waals surface area contributed by atoms with Gasteiger partial charge in [0.25, 0.3) is 11.5 Å². The molecule has 55 heavy (non-hydrogen) atoms. The molecule has 4 heterocycles. The fourth-order valence-corrected chi connectivity index (χ4v) is 8.46. The molecule has 4 aromatic heterocycles. The van der Waals surface area contributed by atoms with Crippen molar-refractivity contribution in [2.45, 2.75) is 111 Å². The number of hydrogen-bond donors (Lipinski definition) is 1. The summed E-state index contributed by atoms with van der Waals surface area (Å²) in [6.45, 7) is 23.7. The number of hydrogen-bond acceptors (Lipinski definition) is 8. The van der Waals surface area contributed by atoms with Gasteiger partial charge in [0.1, 0.15) is 12.3 Å². The van der Waals surface area contributed by atoms with E-state index in [4.69, 9.17) is 25.5 Å². The van der Waals surface area contributed by atoms with E-state index in [9.17, 15) is 14.4 Å². The first-order valence-electron chi connectivity index (χ1n) is 18.4. The highest BCUT2D eigenvalue weighted by molar-refractivity contribution is 7.16. The Bertz CT molecular complexity index is 2240. The Kier molecular flexibility index (Phi) is 12.6. The van der Waals surface area contributed by atoms with Crippen LogP contribution in [-0.4, -0.2) is 61.0 Å². The van der Waals surface area contributed by atoms with Gasteiger partial charge in [0.05, 0.1) is 50.7 Å². The second kappa shape index (κ2) is 16.4. The normalized spacial score (nSPS) is 12.9. The first-order chi connectivity index (χ1) is 25.5. The van der Waals surface area contributed by atoms with E-state index in [0.29, 0.717) is 39.9 Å². The molecule has 0 radical (unpaired) electrons. The fraction of sp³-hybridized carbons (Fsp3) is 0.450. The number of amides is 1. The SMILES string of the molecule is CC(C)(C)OC(=O)n1c(-c2cc(NC(=O)c3cnn(Cc4ccc(Cl)s4)c3)cn(COCC[Si](C)(C)C)c2=O)cc2cc(C(C)(C)O[SiH2]C(C)(C)C)ccc21. The van der Waals surface area contributed by atoms with Gasteiger partial charge in [-0.2, -0.15) is 5.10 Å². The van der Waals surface area contributed by atoms with Gasteiger partial charge >= 0.3 is 6.09 Å². The summed E-state index contributed by atoms with van der Waals surface area (Å²) in [5, 5.41) is 8.16. The summed E-state index contributed by atoms with van der Waals surface area (Å²) in [7, 11) is -2.28. The van der Waals surface area contributed by atoms with Gasteiger partial charge in [-0.15, -0.1) is 11.3 Å². The Morgan fingerprint density at radius 1 is 0.982 bits per heavy atom. The minimum atomic E-state index is -1.40. The second-order valence-electron chi connectivity index (χ2n) is 17.8. The number of thiophene rings is 1. The van der Waals surface area contributed by atoms with Crippen LogP contribution in [0.2, 0.25) is 35.1 Å². The molecule has 5 aromatic rings. The quantitative estimate of drug-likeness (QED) is 0.0929. The molecule has 0 aliphatic heterocycles. The third-order valence-corrected chi connectivity index (χ3v) is 13.3. The summed E-state index contributed by atoms with van der Waals surface area (Å²) < 4.78 is 23.6. The third kappa shape index (κ3) is 11.4. The van der Waals surface area contributed by atoms with Crippen molar-refractivity contribution in [3.63, 3.8) is 0 Å². The molecule has 0 saturated heterocycles. The van der Waals surface area contributed by atoms with Crippen molar-refractivity contribution in [2.75, 3.05) is 11.9 Å². The van der Waals surface area contributed by atoms with E-state index in [-0.39, 0.29) is 22.9 Å². The van der Waals surface area contributed by atoms with Gasteiger partial charge < -0.3 is 19.2 Å². The largest absolute Gasteiger partial charge is 0.443 e. The summed E-state index contributed by atoms with van der Waals surface area (Å²) >= 11 is 7.55. The predicted octanol–water partition coefficient (Wildman–Crippen LogP) is 9.33. The number of halogens is 1. The number of rotatable bonds is 13. The number of nitrogens with one attached hydrogen (secondary N) is 1. The zero-order chi connectivity index (χ0) is 40.5. The molecule has 0 unspecified atom stereocenters. The van der Waals surface area contributed by atoms with Crippen molar-refractivity contribution in [3.8, 4) is 11.3 Å². The van der Waals surface area contributed by atoms with Crippen LogP contribution in [0.4, 0.5) is 10.5 Å². The number of ether oxygens (including phenoxy) is 2. The monoisotopic (exact) mass is 823 g/mol. The van der Waals surface area contributed by atoms with Gasteiger partial charge in [0.2, 0.25) is 0 Å². The average Bonchev–Trinajstić information content (AvgIpc) is 3.80. The summed E-state index contributed by atoms with van der Waals surface area (Å²) in [5.41, 5.74) is 0.943. The maximum absolute atomic E-state index is 14.4. The Balaban J connectivity index is 1.59. The molecule has 0 spiro atoms. The molecule has 15 heteroatoms. The summed E-state index contributed by atoms with van der Waals surface area (Å²) in [4.78, 5) is 43.0. The van der Waals surface area contributed by atoms with E-state index in [1.165, 1.54) is 26.7 Å². The van der Waals surface area contributed by atoms with Crippen molar-refractivity contribution in [1.29, 1.82) is 0 Å². The molecular formula is C40H54ClN5O6SSi2. The Hall–Kier alpha value is -3.80. The Labute approximate surface area is 335 Å². The number of carbonyl (C=O) groups is 2. The van der Waals surface area contributed by atoms with Crippen molar-refractivity contribution in [3.05, 3.63) is 91.7 Å². The van der Waals surface area contributed by atoms with E-state index in [0.717, 1.165) is 21.9 Å². The molecule has 1 N–H and O–H groups in total. The van der Waals surface area contributed by atoms with Crippen LogP contribution in [0.25, 0.3) is 22.2 Å². The van der Waals surface area contributed by atoms with Gasteiger partial charge in [-0.05, 0) is 87.7 Å². The highest BCUT2D eigenvalue weighted by Crippen LogP contribution is 2.35. The van der Waals surface area contributed by atoms with Gasteiger partial charge in [-0.1, -0.05) is 58.1 Å². The lowest BCUT2D eigenvalue weighted by molar-refractivity contribution is 0.0547. The Morgan fingerprint density at radius 2 is 1.71 bits per heavy atom. The predicted molar refractivity (Wildman–Crippen MR) is 228 cm³/mol. The maximum atomic E-state index is 14.4. The molecule has 296 valence electrons. The lowest BCUT2D eigenvalue weighted by atomic mass is 9.97. The summed E-state index contributed by atoms with van der Waals surface area (Å²) in [6, 6.07) is 13.9. The van der Waals surface area contributed by atoms with Crippen LogP contribution in [0.15, 0.2) is 65.8 Å². The highest BCUT2D eigenvalue weighted by atomic mass is 35.5. The lowest BCUT2D eigenvalue weighted by Gasteiger charge is -2.30. The van der Waals surface area contributed by atoms with Gasteiger partial charge in [0.15, 0.2) is 9.76 Å². The van der Waals surface area contributed by atoms with Crippen LogP contribution in [0, 0.1) is 0 Å². The van der Waals surface area contributed by atoms with Gasteiger partial charge in [-0.3, -0.25) is 18.8 Å². The summed E-state index contributed by atoms with van der Waals surface area (Å²) in [5.74, 6) is -0.412. The minimum absolute atomic E-state index is 0.0403. The molecule has 0 saturated carbocycles. The van der Waals surface area contributed by atoms with E-state index in [1.807, 2.05) is 50.2 Å². The van der Waals surface area contributed by atoms with E-state index in [2.05, 4.69) is 50.8 Å². The van der Waals surface area contributed by atoms with Crippen molar-refractivity contribution >= 4 is 69.4 Å². The van der Waals surface area contributed by atoms with Gasteiger partial charge in [-0.25, -0.2) is 9.36 Å². The van der Waals surface area contributed by atoms with E-state index < -0.39 is 41.0 Å². The molecule has 11 nitrogen and oxygen atoms in total. The first-order valence-corrected chi connectivity index (χ1v) is 24.6. The summed E-state index contributed by atoms with van der Waals surface area (Å²) in [6.07, 6.45) is 4.08. The molecule has 5 rings (SSSR count). The molecular weight excluding hydrogens is 770 g/mol. The average molecular weight is 825 g/mol. The fourth-order valence-electron chi connectivity index (χ4n) is 5.66. The topological polar surface area (TPSA) is 119 Å². The zero-order valence-corrected chi connectivity index (χ0v) is 37.8. The molecule has 0 bridgehead atoms. The third-order valence-electron chi connectivity index (χ3n) is 8.63. The molecule has 0 aliphatic rings. The van der Waals surface area contributed by atoms with Crippen LogP contribution in [0.5, 0.6) is 0 Å². The van der Waals surface area contributed by atoms with Crippen LogP contribution in [0.1, 0.15) is 76.2 Å².